The zero-order chi connectivity index (χ0) is 10.8. The summed E-state index contributed by atoms with van der Waals surface area (Å²) < 4.78 is 0.844. The van der Waals surface area contributed by atoms with E-state index < -0.39 is 6.04 Å². The molecular formula is C9H9BrN4O. The second-order valence-electron chi connectivity index (χ2n) is 3.08. The third-order valence-electron chi connectivity index (χ3n) is 2.07. The van der Waals surface area contributed by atoms with Crippen LogP contribution in [0.15, 0.2) is 27.9 Å². The van der Waals surface area contributed by atoms with Crippen LogP contribution in [0.4, 0.5) is 0 Å². The number of pyridine rings is 1. The van der Waals surface area contributed by atoms with Gasteiger partial charge in [0.15, 0.2) is 5.96 Å². The Morgan fingerprint density at radius 3 is 2.93 bits per heavy atom. The van der Waals surface area contributed by atoms with Crippen LogP contribution in [-0.2, 0) is 4.79 Å². The molecule has 1 unspecified atom stereocenters. The first kappa shape index (κ1) is 10.1. The lowest BCUT2D eigenvalue weighted by Gasteiger charge is -2.07. The Labute approximate surface area is 95.1 Å². The number of guanidine groups is 1. The molecule has 5 nitrogen and oxygen atoms in total. The highest BCUT2D eigenvalue weighted by Crippen LogP contribution is 2.18. The molecule has 0 radical (unpaired) electrons. The van der Waals surface area contributed by atoms with Crippen molar-refractivity contribution in [2.24, 2.45) is 4.99 Å². The smallest absolute Gasteiger partial charge is 0.253 e. The summed E-state index contributed by atoms with van der Waals surface area (Å²) in [6, 6.07) is 1.44. The van der Waals surface area contributed by atoms with Crippen LogP contribution < -0.4 is 10.6 Å². The molecule has 1 aromatic heterocycles. The summed E-state index contributed by atoms with van der Waals surface area (Å²) in [6.07, 6.45) is 3.33. The number of amides is 1. The topological polar surface area (TPSA) is 66.4 Å². The SMILES string of the molecule is CN=C1NC(=O)C(c2cncc(Br)c2)N1. The summed E-state index contributed by atoms with van der Waals surface area (Å²) in [5, 5.41) is 5.59. The molecule has 0 spiro atoms. The monoisotopic (exact) mass is 268 g/mol. The summed E-state index contributed by atoms with van der Waals surface area (Å²) >= 11 is 3.31. The predicted molar refractivity (Wildman–Crippen MR) is 59.3 cm³/mol. The highest BCUT2D eigenvalue weighted by Gasteiger charge is 2.29. The first-order valence-electron chi connectivity index (χ1n) is 4.35. The van der Waals surface area contributed by atoms with Crippen LogP contribution in [0.5, 0.6) is 0 Å². The molecule has 1 fully saturated rings. The van der Waals surface area contributed by atoms with E-state index >= 15 is 0 Å². The number of rotatable bonds is 1. The number of nitrogens with one attached hydrogen (secondary N) is 2. The van der Waals surface area contributed by atoms with Gasteiger partial charge in [-0.15, -0.1) is 0 Å². The molecule has 78 valence electrons. The van der Waals surface area contributed by atoms with Crippen LogP contribution in [0, 0.1) is 0 Å². The van der Waals surface area contributed by atoms with Crippen molar-refractivity contribution in [3.8, 4) is 0 Å². The second kappa shape index (κ2) is 3.98. The number of halogens is 1. The highest BCUT2D eigenvalue weighted by molar-refractivity contribution is 9.10. The van der Waals surface area contributed by atoms with Crippen molar-refractivity contribution in [2.45, 2.75) is 6.04 Å². The van der Waals surface area contributed by atoms with Gasteiger partial charge < -0.3 is 5.32 Å². The average Bonchev–Trinajstić information content (AvgIpc) is 2.60. The standard InChI is InChI=1S/C9H9BrN4O/c1-11-9-13-7(8(15)14-9)5-2-6(10)4-12-3-5/h2-4,7H,1H3,(H2,11,13,14,15). The molecule has 1 aliphatic heterocycles. The molecule has 0 aliphatic carbocycles. The first-order valence-corrected chi connectivity index (χ1v) is 5.14. The van der Waals surface area contributed by atoms with Gasteiger partial charge in [-0.05, 0) is 22.0 Å². The summed E-state index contributed by atoms with van der Waals surface area (Å²) in [5.41, 5.74) is 0.806. The van der Waals surface area contributed by atoms with Gasteiger partial charge in [0, 0.05) is 29.5 Å². The van der Waals surface area contributed by atoms with Gasteiger partial charge in [-0.2, -0.15) is 0 Å². The number of nitrogens with zero attached hydrogens (tertiary/aromatic N) is 2. The fraction of sp³-hybridized carbons (Fsp3) is 0.222. The van der Waals surface area contributed by atoms with Crippen LogP contribution in [0.3, 0.4) is 0 Å². The molecule has 1 saturated heterocycles. The van der Waals surface area contributed by atoms with Crippen LogP contribution in [0.2, 0.25) is 0 Å². The summed E-state index contributed by atoms with van der Waals surface area (Å²) in [5.74, 6) is 0.375. The van der Waals surface area contributed by atoms with Crippen LogP contribution in [-0.4, -0.2) is 23.9 Å². The van der Waals surface area contributed by atoms with E-state index in [4.69, 9.17) is 0 Å². The number of hydrogen-bond donors (Lipinski definition) is 2. The van der Waals surface area contributed by atoms with Crippen molar-refractivity contribution in [1.82, 2.24) is 15.6 Å². The fourth-order valence-electron chi connectivity index (χ4n) is 1.37. The van der Waals surface area contributed by atoms with E-state index in [1.807, 2.05) is 6.07 Å². The molecule has 1 atom stereocenters. The Bertz CT molecular complexity index is 432. The average molecular weight is 269 g/mol. The highest BCUT2D eigenvalue weighted by atomic mass is 79.9. The lowest BCUT2D eigenvalue weighted by Crippen LogP contribution is -2.24. The maximum absolute atomic E-state index is 11.6. The van der Waals surface area contributed by atoms with Crippen molar-refractivity contribution < 1.29 is 4.79 Å². The third kappa shape index (κ3) is 1.99. The van der Waals surface area contributed by atoms with Gasteiger partial charge in [-0.3, -0.25) is 20.1 Å². The number of hydrogen-bond acceptors (Lipinski definition) is 3. The van der Waals surface area contributed by atoms with Crippen molar-refractivity contribution >= 4 is 27.8 Å². The molecule has 2 rings (SSSR count). The minimum atomic E-state index is -0.409. The molecule has 2 N–H and O–H groups in total. The minimum Gasteiger partial charge on any atom is -0.340 e. The Hall–Kier alpha value is -1.43. The van der Waals surface area contributed by atoms with Crippen molar-refractivity contribution in [3.05, 3.63) is 28.5 Å². The molecule has 0 saturated carbocycles. The van der Waals surface area contributed by atoms with Crippen LogP contribution >= 0.6 is 15.9 Å². The van der Waals surface area contributed by atoms with E-state index in [1.165, 1.54) is 0 Å². The molecule has 1 amide bonds. The lowest BCUT2D eigenvalue weighted by atomic mass is 10.1. The molecule has 6 heteroatoms. The second-order valence-corrected chi connectivity index (χ2v) is 3.99. The maximum Gasteiger partial charge on any atom is 0.253 e. The molecule has 0 aromatic carbocycles. The number of carbonyl (C=O) groups is 1. The van der Waals surface area contributed by atoms with Crippen LogP contribution in [0.25, 0.3) is 0 Å². The van der Waals surface area contributed by atoms with Crippen molar-refractivity contribution in [1.29, 1.82) is 0 Å². The van der Waals surface area contributed by atoms with Crippen LogP contribution in [0.1, 0.15) is 11.6 Å². The van der Waals surface area contributed by atoms with Gasteiger partial charge >= 0.3 is 0 Å². The van der Waals surface area contributed by atoms with Crippen molar-refractivity contribution in [3.63, 3.8) is 0 Å². The van der Waals surface area contributed by atoms with Gasteiger partial charge in [0.2, 0.25) is 0 Å². The number of carbonyl (C=O) groups excluding carboxylic acids is 1. The van der Waals surface area contributed by atoms with E-state index in [0.29, 0.717) is 5.96 Å². The van der Waals surface area contributed by atoms with E-state index in [1.54, 1.807) is 19.4 Å². The normalized spacial score (nSPS) is 22.7. The zero-order valence-electron chi connectivity index (χ0n) is 7.99. The Morgan fingerprint density at radius 1 is 1.53 bits per heavy atom. The zero-order valence-corrected chi connectivity index (χ0v) is 9.58. The Morgan fingerprint density at radius 2 is 2.33 bits per heavy atom. The molecule has 1 aromatic rings. The molecule has 0 bridgehead atoms. The van der Waals surface area contributed by atoms with E-state index in [0.717, 1.165) is 10.0 Å². The van der Waals surface area contributed by atoms with Gasteiger partial charge in [-0.25, -0.2) is 0 Å². The van der Waals surface area contributed by atoms with Gasteiger partial charge in [0.1, 0.15) is 6.04 Å². The minimum absolute atomic E-state index is 0.115. The lowest BCUT2D eigenvalue weighted by molar-refractivity contribution is -0.120. The quantitative estimate of drug-likeness (QED) is 0.784. The predicted octanol–water partition coefficient (Wildman–Crippen LogP) is 0.590. The summed E-state index contributed by atoms with van der Waals surface area (Å²) in [7, 11) is 1.62. The molecule has 2 heterocycles. The van der Waals surface area contributed by atoms with Gasteiger partial charge in [0.05, 0.1) is 0 Å². The molecular weight excluding hydrogens is 260 g/mol. The van der Waals surface area contributed by atoms with E-state index in [2.05, 4.69) is 36.5 Å². The third-order valence-corrected chi connectivity index (χ3v) is 2.50. The van der Waals surface area contributed by atoms with Crippen molar-refractivity contribution in [2.75, 3.05) is 7.05 Å². The number of aromatic nitrogens is 1. The Balaban J connectivity index is 2.29. The van der Waals surface area contributed by atoms with E-state index in [9.17, 15) is 4.79 Å². The molecule has 15 heavy (non-hydrogen) atoms. The Kier molecular flexibility index (Phi) is 2.68. The first-order chi connectivity index (χ1) is 7.20. The molecule has 1 aliphatic rings. The maximum atomic E-state index is 11.6. The van der Waals surface area contributed by atoms with Gasteiger partial charge in [-0.1, -0.05) is 0 Å². The largest absolute Gasteiger partial charge is 0.340 e. The van der Waals surface area contributed by atoms with Gasteiger partial charge in [0.25, 0.3) is 5.91 Å². The fourth-order valence-corrected chi connectivity index (χ4v) is 1.75. The number of aliphatic imine (C=N–C) groups is 1. The summed E-state index contributed by atoms with van der Waals surface area (Å²) in [6.45, 7) is 0. The summed E-state index contributed by atoms with van der Waals surface area (Å²) in [4.78, 5) is 19.4. The van der Waals surface area contributed by atoms with E-state index in [-0.39, 0.29) is 5.91 Å².